The van der Waals surface area contributed by atoms with Crippen LogP contribution in [0.5, 0.6) is 0 Å². The molecular formula is C22H29BrF3NO6S2. The lowest BCUT2D eigenvalue weighted by molar-refractivity contribution is -0.120. The first-order chi connectivity index (χ1) is 16.3. The van der Waals surface area contributed by atoms with Gasteiger partial charge in [-0.25, -0.2) is 4.72 Å². The molecule has 5 atom stereocenters. The van der Waals surface area contributed by atoms with Gasteiger partial charge in [0.05, 0.1) is 22.1 Å². The van der Waals surface area contributed by atoms with Crippen LogP contribution in [0.4, 0.5) is 13.2 Å². The third kappa shape index (κ3) is 9.62. The van der Waals surface area contributed by atoms with Crippen LogP contribution in [0, 0.1) is 11.8 Å². The van der Waals surface area contributed by atoms with Crippen molar-refractivity contribution < 1.29 is 41.7 Å². The fourth-order valence-electron chi connectivity index (χ4n) is 3.85. The predicted octanol–water partition coefficient (Wildman–Crippen LogP) is 3.80. The van der Waals surface area contributed by atoms with E-state index in [0.29, 0.717) is 25.7 Å². The Labute approximate surface area is 214 Å². The molecule has 0 radical (unpaired) electrons. The maximum absolute atomic E-state index is 12.3. The van der Waals surface area contributed by atoms with E-state index in [1.807, 2.05) is 12.1 Å². The Hall–Kier alpha value is -1.25. The van der Waals surface area contributed by atoms with Crippen molar-refractivity contribution in [2.75, 3.05) is 0 Å². The molecule has 0 bridgehead atoms. The Morgan fingerprint density at radius 1 is 1.26 bits per heavy atom. The highest BCUT2D eigenvalue weighted by molar-refractivity contribution is 9.11. The number of carbonyl (C=O) groups is 1. The first-order valence-corrected chi connectivity index (χ1v) is 14.1. The van der Waals surface area contributed by atoms with Crippen molar-refractivity contribution in [1.29, 1.82) is 0 Å². The van der Waals surface area contributed by atoms with Gasteiger partial charge in [-0.15, -0.1) is 11.3 Å². The largest absolute Gasteiger partial charge is 0.516 e. The van der Waals surface area contributed by atoms with E-state index >= 15 is 0 Å². The zero-order chi connectivity index (χ0) is 26.2. The number of nitrogens with one attached hydrogen (secondary N) is 1. The zero-order valence-electron chi connectivity index (χ0n) is 18.7. The average Bonchev–Trinajstić information content (AvgIpc) is 3.28. The summed E-state index contributed by atoms with van der Waals surface area (Å²) in [5.74, 6) is -1.86. The van der Waals surface area contributed by atoms with Crippen LogP contribution in [0.15, 0.2) is 40.2 Å². The van der Waals surface area contributed by atoms with Gasteiger partial charge in [0.25, 0.3) is 0 Å². The summed E-state index contributed by atoms with van der Waals surface area (Å²) >= 11 is 5.00. The minimum absolute atomic E-state index is 0.141. The van der Waals surface area contributed by atoms with Crippen molar-refractivity contribution in [1.82, 2.24) is 4.72 Å². The highest BCUT2D eigenvalue weighted by Gasteiger charge is 2.46. The smallest absolute Gasteiger partial charge is 0.393 e. The molecule has 0 spiro atoms. The van der Waals surface area contributed by atoms with Gasteiger partial charge in [0.15, 0.2) is 0 Å². The Morgan fingerprint density at radius 3 is 2.60 bits per heavy atom. The number of hydrogen-bond donors (Lipinski definition) is 4. The highest BCUT2D eigenvalue weighted by atomic mass is 79.9. The van der Waals surface area contributed by atoms with E-state index in [9.17, 15) is 41.7 Å². The topological polar surface area (TPSA) is 124 Å². The molecule has 13 heteroatoms. The number of unbranched alkanes of at least 4 members (excludes halogenated alkanes) is 1. The van der Waals surface area contributed by atoms with E-state index < -0.39 is 46.2 Å². The summed E-state index contributed by atoms with van der Waals surface area (Å²) in [7, 11) is -5.70. The normalized spacial score (nSPS) is 24.4. The van der Waals surface area contributed by atoms with Crippen molar-refractivity contribution in [3.63, 3.8) is 0 Å². The molecule has 1 heterocycles. The number of hydrogen-bond acceptors (Lipinski definition) is 7. The lowest BCUT2D eigenvalue weighted by Crippen LogP contribution is -2.40. The fourth-order valence-corrected chi connectivity index (χ4v) is 5.86. The molecule has 1 fully saturated rings. The number of halogens is 4. The van der Waals surface area contributed by atoms with E-state index in [4.69, 9.17) is 0 Å². The number of carbonyl (C=O) groups excluding carboxylic acids is 1. The van der Waals surface area contributed by atoms with Crippen LogP contribution in [0.25, 0.3) is 0 Å². The molecule has 7 nitrogen and oxygen atoms in total. The molecular weight excluding hydrogens is 575 g/mol. The molecule has 4 N–H and O–H groups in total. The second kappa shape index (κ2) is 13.3. The lowest BCUT2D eigenvalue weighted by atomic mass is 9.89. The monoisotopic (exact) mass is 603 g/mol. The van der Waals surface area contributed by atoms with E-state index in [0.717, 1.165) is 13.4 Å². The molecule has 1 amide bonds. The SMILES string of the molecule is O=C(CCCC=CC[C@@H]1[C@@H](C=CC(O)CCc2ccc(Br)s2)[C@H](O)C[C@@H]1O)NS(=O)(=O)C(F)(F)F. The minimum atomic E-state index is -5.70. The van der Waals surface area contributed by atoms with E-state index in [-0.39, 0.29) is 24.7 Å². The van der Waals surface area contributed by atoms with Gasteiger partial charge >= 0.3 is 15.5 Å². The first-order valence-electron chi connectivity index (χ1n) is 11.0. The Kier molecular flexibility index (Phi) is 11.4. The van der Waals surface area contributed by atoms with Crippen molar-refractivity contribution in [3.8, 4) is 0 Å². The molecule has 1 saturated carbocycles. The van der Waals surface area contributed by atoms with Gasteiger partial charge in [-0.05, 0) is 66.1 Å². The fraction of sp³-hybridized carbons (Fsp3) is 0.591. The molecule has 1 aromatic heterocycles. The number of amides is 1. The maximum atomic E-state index is 12.3. The summed E-state index contributed by atoms with van der Waals surface area (Å²) < 4.78 is 60.6. The number of aryl methyl sites for hydroxylation is 1. The predicted molar refractivity (Wildman–Crippen MR) is 130 cm³/mol. The third-order valence-electron chi connectivity index (χ3n) is 5.69. The van der Waals surface area contributed by atoms with Gasteiger partial charge in [-0.3, -0.25) is 4.79 Å². The van der Waals surface area contributed by atoms with Crippen LogP contribution < -0.4 is 4.72 Å². The van der Waals surface area contributed by atoms with Gasteiger partial charge in [-0.1, -0.05) is 24.3 Å². The second-order valence-corrected chi connectivity index (χ2v) is 12.6. The van der Waals surface area contributed by atoms with Gasteiger partial charge < -0.3 is 15.3 Å². The number of aliphatic hydroxyl groups excluding tert-OH is 3. The van der Waals surface area contributed by atoms with E-state index in [1.54, 1.807) is 35.6 Å². The summed E-state index contributed by atoms with van der Waals surface area (Å²) in [4.78, 5) is 12.6. The van der Waals surface area contributed by atoms with Crippen LogP contribution in [-0.4, -0.2) is 53.5 Å². The summed E-state index contributed by atoms with van der Waals surface area (Å²) in [5.41, 5.74) is -5.54. The Bertz CT molecular complexity index is 996. The van der Waals surface area contributed by atoms with Crippen LogP contribution >= 0.6 is 27.3 Å². The van der Waals surface area contributed by atoms with Crippen molar-refractivity contribution in [3.05, 3.63) is 45.1 Å². The molecule has 1 aromatic rings. The highest BCUT2D eigenvalue weighted by Crippen LogP contribution is 2.36. The number of rotatable bonds is 12. The molecule has 1 aliphatic carbocycles. The molecule has 198 valence electrons. The molecule has 1 unspecified atom stereocenters. The quantitative estimate of drug-likeness (QED) is 0.213. The molecule has 0 aromatic carbocycles. The van der Waals surface area contributed by atoms with Gasteiger partial charge in [0.1, 0.15) is 0 Å². The number of thiophene rings is 1. The second-order valence-electron chi connectivity index (χ2n) is 8.38. The van der Waals surface area contributed by atoms with Crippen molar-refractivity contribution in [2.45, 2.75) is 68.8 Å². The minimum Gasteiger partial charge on any atom is -0.393 e. The standard InChI is InChI=1S/C22H29BrF3NO6S2/c23-20-12-10-15(34-20)9-7-14(28)8-11-17-16(18(29)13-19(17)30)5-3-1-2-4-6-21(31)27-35(32,33)22(24,25)26/h1,3,8,10-12,14,16-19,28-30H,2,4-7,9,13H2,(H,27,31)/t14?,16-,17-,18+,19-/m1/s1. The Balaban J connectivity index is 1.77. The van der Waals surface area contributed by atoms with E-state index in [2.05, 4.69) is 15.9 Å². The van der Waals surface area contributed by atoms with Gasteiger partial charge in [-0.2, -0.15) is 21.6 Å². The van der Waals surface area contributed by atoms with Crippen LogP contribution in [0.3, 0.4) is 0 Å². The summed E-state index contributed by atoms with van der Waals surface area (Å²) in [6, 6.07) is 3.94. The number of alkyl halides is 3. The molecule has 35 heavy (non-hydrogen) atoms. The van der Waals surface area contributed by atoms with E-state index in [1.165, 1.54) is 0 Å². The van der Waals surface area contributed by atoms with Gasteiger partial charge in [0, 0.05) is 23.6 Å². The summed E-state index contributed by atoms with van der Waals surface area (Å²) in [6.07, 6.45) is 6.58. The van der Waals surface area contributed by atoms with Crippen LogP contribution in [-0.2, 0) is 21.2 Å². The maximum Gasteiger partial charge on any atom is 0.516 e. The summed E-state index contributed by atoms with van der Waals surface area (Å²) in [5, 5.41) is 30.9. The number of sulfonamides is 1. The van der Waals surface area contributed by atoms with Crippen LogP contribution in [0.2, 0.25) is 0 Å². The van der Waals surface area contributed by atoms with Gasteiger partial charge in [0.2, 0.25) is 5.91 Å². The number of allylic oxidation sites excluding steroid dienone is 2. The first kappa shape index (κ1) is 30.0. The molecule has 2 rings (SSSR count). The summed E-state index contributed by atoms with van der Waals surface area (Å²) in [6.45, 7) is 0. The average molecular weight is 605 g/mol. The van der Waals surface area contributed by atoms with Crippen LogP contribution in [0.1, 0.15) is 43.4 Å². The number of aliphatic hydroxyl groups is 3. The molecule has 0 saturated heterocycles. The third-order valence-corrected chi connectivity index (χ3v) is 8.48. The lowest BCUT2D eigenvalue weighted by Gasteiger charge is -2.19. The van der Waals surface area contributed by atoms with Crippen molar-refractivity contribution in [2.24, 2.45) is 11.8 Å². The molecule has 1 aliphatic rings. The van der Waals surface area contributed by atoms with Crippen molar-refractivity contribution >= 4 is 43.2 Å². The zero-order valence-corrected chi connectivity index (χ0v) is 21.9. The molecule has 0 aliphatic heterocycles. The Morgan fingerprint density at radius 2 is 1.97 bits per heavy atom.